The third-order valence-corrected chi connectivity index (χ3v) is 7.86. The van der Waals surface area contributed by atoms with Crippen LogP contribution in [0.3, 0.4) is 0 Å². The van der Waals surface area contributed by atoms with Crippen molar-refractivity contribution < 1.29 is 18.3 Å². The van der Waals surface area contributed by atoms with Gasteiger partial charge in [0.05, 0.1) is 34.5 Å². The van der Waals surface area contributed by atoms with E-state index in [9.17, 15) is 13.6 Å². The molecule has 10 nitrogen and oxygen atoms in total. The summed E-state index contributed by atoms with van der Waals surface area (Å²) < 4.78 is 34.0. The highest BCUT2D eigenvalue weighted by molar-refractivity contribution is 6.02. The topological polar surface area (TPSA) is 100 Å². The number of nitrogens with one attached hydrogen (secondary N) is 2. The van der Waals surface area contributed by atoms with Crippen molar-refractivity contribution in [2.75, 3.05) is 41.7 Å². The zero-order chi connectivity index (χ0) is 30.5. The first kappa shape index (κ1) is 29.9. The maximum absolute atomic E-state index is 13.6. The van der Waals surface area contributed by atoms with Crippen LogP contribution in [0, 0.1) is 0 Å². The minimum absolute atomic E-state index is 0.0654. The van der Waals surface area contributed by atoms with Crippen LogP contribution in [0.4, 0.5) is 31.7 Å². The number of benzene rings is 2. The number of rotatable bonds is 11. The largest absolute Gasteiger partial charge is 0.433 e. The van der Waals surface area contributed by atoms with Gasteiger partial charge in [0.25, 0.3) is 0 Å². The van der Waals surface area contributed by atoms with E-state index in [0.717, 1.165) is 42.4 Å². The summed E-state index contributed by atoms with van der Waals surface area (Å²) in [6.07, 6.45) is 6.17. The number of hydrogen-bond donors (Lipinski definition) is 2. The number of halogens is 2. The maximum Gasteiger partial charge on any atom is 0.387 e. The quantitative estimate of drug-likeness (QED) is 0.211. The number of ether oxygens (including phenoxy) is 1. The van der Waals surface area contributed by atoms with Gasteiger partial charge in [0.2, 0.25) is 5.91 Å². The fraction of sp³-hybridized carbons (Fsp3) is 0.355. The fourth-order valence-electron chi connectivity index (χ4n) is 5.66. The summed E-state index contributed by atoms with van der Waals surface area (Å²) >= 11 is 0. The molecule has 226 valence electrons. The molecule has 2 N–H and O–H groups in total. The van der Waals surface area contributed by atoms with Crippen LogP contribution in [0.2, 0.25) is 0 Å². The standard InChI is InChI=1S/C31H36F2N8O2/c1-5-30(42)38-24-15-25(28(43-31(32)33)17-27(24)41-12-10-22(11-13-41)40(6-2)7-3)37-29-16-23(34-19-35-29)20-8-9-26-21(14-20)18-36-39(26)4/h5,8-9,14-19,22,31H,1,6-7,10-13H2,2-4H3,(H,38,42)(H,34,35,37). The molecule has 0 radical (unpaired) electrons. The molecule has 5 rings (SSSR count). The zero-order valence-corrected chi connectivity index (χ0v) is 24.6. The van der Waals surface area contributed by atoms with Gasteiger partial charge >= 0.3 is 6.61 Å². The van der Waals surface area contributed by atoms with Crippen molar-refractivity contribution in [1.82, 2.24) is 24.6 Å². The van der Waals surface area contributed by atoms with E-state index < -0.39 is 12.5 Å². The second-order valence-electron chi connectivity index (χ2n) is 10.3. The maximum atomic E-state index is 13.6. The molecule has 1 amide bonds. The molecule has 0 spiro atoms. The van der Waals surface area contributed by atoms with Crippen molar-refractivity contribution in [2.24, 2.45) is 7.05 Å². The van der Waals surface area contributed by atoms with Crippen LogP contribution in [-0.4, -0.2) is 69.4 Å². The molecule has 0 atom stereocenters. The van der Waals surface area contributed by atoms with Gasteiger partial charge < -0.3 is 25.2 Å². The van der Waals surface area contributed by atoms with E-state index in [4.69, 9.17) is 4.74 Å². The summed E-state index contributed by atoms with van der Waals surface area (Å²) in [6, 6.07) is 11.2. The van der Waals surface area contributed by atoms with Crippen molar-refractivity contribution in [3.05, 3.63) is 61.6 Å². The Labute approximate surface area is 249 Å². The van der Waals surface area contributed by atoms with E-state index in [1.165, 1.54) is 12.4 Å². The van der Waals surface area contributed by atoms with Crippen LogP contribution >= 0.6 is 0 Å². The van der Waals surface area contributed by atoms with E-state index in [0.29, 0.717) is 42.0 Å². The number of aromatic nitrogens is 4. The Morgan fingerprint density at radius 2 is 1.91 bits per heavy atom. The minimum atomic E-state index is -3.05. The van der Waals surface area contributed by atoms with Crippen LogP contribution in [-0.2, 0) is 11.8 Å². The fourth-order valence-corrected chi connectivity index (χ4v) is 5.66. The molecule has 1 aliphatic heterocycles. The number of hydrogen-bond acceptors (Lipinski definition) is 8. The van der Waals surface area contributed by atoms with E-state index in [-0.39, 0.29) is 11.4 Å². The van der Waals surface area contributed by atoms with Gasteiger partial charge in [-0.1, -0.05) is 26.5 Å². The number of amides is 1. The molecule has 2 aromatic heterocycles. The Morgan fingerprint density at radius 3 is 2.60 bits per heavy atom. The van der Waals surface area contributed by atoms with Gasteiger partial charge in [-0.25, -0.2) is 9.97 Å². The number of aryl methyl sites for hydroxylation is 1. The first-order valence-corrected chi connectivity index (χ1v) is 14.4. The van der Waals surface area contributed by atoms with Crippen LogP contribution in [0.25, 0.3) is 22.2 Å². The molecule has 0 unspecified atom stereocenters. The van der Waals surface area contributed by atoms with E-state index >= 15 is 0 Å². The van der Waals surface area contributed by atoms with E-state index in [1.807, 2.05) is 25.2 Å². The Hall–Kier alpha value is -4.58. The second-order valence-corrected chi connectivity index (χ2v) is 10.3. The van der Waals surface area contributed by atoms with E-state index in [2.05, 4.69) is 55.9 Å². The van der Waals surface area contributed by atoms with Crippen LogP contribution in [0.15, 0.2) is 61.6 Å². The van der Waals surface area contributed by atoms with Crippen molar-refractivity contribution in [2.45, 2.75) is 39.3 Å². The lowest BCUT2D eigenvalue weighted by molar-refractivity contribution is -0.111. The first-order valence-electron chi connectivity index (χ1n) is 14.4. The number of fused-ring (bicyclic) bond motifs is 1. The molecule has 43 heavy (non-hydrogen) atoms. The third kappa shape index (κ3) is 6.75. The predicted octanol–water partition coefficient (Wildman–Crippen LogP) is 5.81. The van der Waals surface area contributed by atoms with Crippen LogP contribution in [0.5, 0.6) is 5.75 Å². The molecular weight excluding hydrogens is 554 g/mol. The molecule has 1 saturated heterocycles. The van der Waals surface area contributed by atoms with Crippen LogP contribution in [0.1, 0.15) is 26.7 Å². The number of anilines is 4. The van der Waals surface area contributed by atoms with Gasteiger partial charge in [0.15, 0.2) is 5.75 Å². The number of carbonyl (C=O) groups excluding carboxylic acids is 1. The highest BCUT2D eigenvalue weighted by atomic mass is 19.3. The van der Waals surface area contributed by atoms with Gasteiger partial charge in [0.1, 0.15) is 12.1 Å². The van der Waals surface area contributed by atoms with Crippen molar-refractivity contribution in [1.29, 1.82) is 0 Å². The summed E-state index contributed by atoms with van der Waals surface area (Å²) in [5, 5.41) is 11.2. The van der Waals surface area contributed by atoms with Crippen molar-refractivity contribution >= 4 is 39.7 Å². The van der Waals surface area contributed by atoms with Gasteiger partial charge in [-0.2, -0.15) is 13.9 Å². The lowest BCUT2D eigenvalue weighted by Gasteiger charge is -2.39. The summed E-state index contributed by atoms with van der Waals surface area (Å²) in [5.41, 5.74) is 3.73. The lowest BCUT2D eigenvalue weighted by atomic mass is 10.0. The second kappa shape index (κ2) is 13.2. The number of carbonyl (C=O) groups is 1. The first-order chi connectivity index (χ1) is 20.8. The van der Waals surface area contributed by atoms with Gasteiger partial charge in [-0.15, -0.1) is 0 Å². The molecule has 12 heteroatoms. The van der Waals surface area contributed by atoms with Crippen molar-refractivity contribution in [3.63, 3.8) is 0 Å². The Morgan fingerprint density at radius 1 is 1.14 bits per heavy atom. The summed E-state index contributed by atoms with van der Waals surface area (Å²) in [5.74, 6) is -0.114. The highest BCUT2D eigenvalue weighted by Gasteiger charge is 2.26. The summed E-state index contributed by atoms with van der Waals surface area (Å²) in [6.45, 7) is 8.16. The third-order valence-electron chi connectivity index (χ3n) is 7.86. The molecule has 3 heterocycles. The smallest absolute Gasteiger partial charge is 0.387 e. The number of piperidine rings is 1. The van der Waals surface area contributed by atoms with Gasteiger partial charge in [0, 0.05) is 49.3 Å². The lowest BCUT2D eigenvalue weighted by Crippen LogP contribution is -2.45. The Bertz CT molecular complexity index is 1600. The molecule has 2 aromatic carbocycles. The molecular formula is C31H36F2N8O2. The molecule has 1 aliphatic rings. The molecule has 0 aliphatic carbocycles. The van der Waals surface area contributed by atoms with Gasteiger partial charge in [-0.05, 0) is 50.2 Å². The Balaban J connectivity index is 1.47. The molecule has 0 bridgehead atoms. The van der Waals surface area contributed by atoms with Gasteiger partial charge in [-0.3, -0.25) is 9.48 Å². The van der Waals surface area contributed by atoms with Crippen LogP contribution < -0.4 is 20.3 Å². The number of nitrogens with zero attached hydrogens (tertiary/aromatic N) is 6. The molecule has 4 aromatic rings. The molecule has 1 fully saturated rings. The normalized spacial score (nSPS) is 14.0. The Kier molecular flexibility index (Phi) is 9.15. The average molecular weight is 591 g/mol. The zero-order valence-electron chi connectivity index (χ0n) is 24.6. The SMILES string of the molecule is C=CC(=O)Nc1cc(Nc2cc(-c3ccc4c(cnn4C)c3)ncn2)c(OC(F)F)cc1N1CCC(N(CC)CC)CC1. The molecule has 0 saturated carbocycles. The summed E-state index contributed by atoms with van der Waals surface area (Å²) in [7, 11) is 1.87. The average Bonchev–Trinajstić information content (AvgIpc) is 3.39. The summed E-state index contributed by atoms with van der Waals surface area (Å²) in [4.78, 5) is 25.6. The predicted molar refractivity (Wildman–Crippen MR) is 165 cm³/mol. The number of alkyl halides is 2. The highest BCUT2D eigenvalue weighted by Crippen LogP contribution is 2.40. The monoisotopic (exact) mass is 590 g/mol. The van der Waals surface area contributed by atoms with E-state index in [1.54, 1.807) is 29.1 Å². The van der Waals surface area contributed by atoms with Crippen molar-refractivity contribution in [3.8, 4) is 17.0 Å². The minimum Gasteiger partial charge on any atom is -0.433 e.